The second-order valence-electron chi connectivity index (χ2n) is 3.74. The molecule has 7 heteroatoms. The molecule has 0 N–H and O–H groups in total. The highest BCUT2D eigenvalue weighted by Crippen LogP contribution is 2.33. The Kier molecular flexibility index (Phi) is 3.23. The molecule has 1 aromatic carbocycles. The van der Waals surface area contributed by atoms with E-state index in [4.69, 9.17) is 0 Å². The van der Waals surface area contributed by atoms with Gasteiger partial charge in [0.05, 0.1) is 11.5 Å². The predicted octanol–water partition coefficient (Wildman–Crippen LogP) is 1.09. The lowest BCUT2D eigenvalue weighted by Crippen LogP contribution is -2.22. The molecule has 19 heavy (non-hydrogen) atoms. The van der Waals surface area contributed by atoms with Gasteiger partial charge in [0.1, 0.15) is 10.7 Å². The molecule has 0 spiro atoms. The number of rotatable bonds is 3. The predicted molar refractivity (Wildman–Crippen MR) is 63.2 cm³/mol. The number of Topliss-reactive ketones (excluding diaryl/α,β-unsaturated/α-hetero) is 1. The molecule has 0 fully saturated rings. The van der Waals surface area contributed by atoms with Gasteiger partial charge >= 0.3 is 5.97 Å². The first kappa shape index (κ1) is 13.4. The summed E-state index contributed by atoms with van der Waals surface area (Å²) in [7, 11) is -4.08. The molecular formula is C12H9FO5S. The second kappa shape index (κ2) is 4.58. The summed E-state index contributed by atoms with van der Waals surface area (Å²) >= 11 is 0. The van der Waals surface area contributed by atoms with E-state index >= 15 is 0 Å². The van der Waals surface area contributed by atoms with E-state index in [1.165, 1.54) is 6.92 Å². The van der Waals surface area contributed by atoms with Gasteiger partial charge in [0.2, 0.25) is 9.84 Å². The number of ketones is 1. The Morgan fingerprint density at radius 3 is 2.63 bits per heavy atom. The third-order valence-corrected chi connectivity index (χ3v) is 4.36. The summed E-state index contributed by atoms with van der Waals surface area (Å²) < 4.78 is 41.5. The highest BCUT2D eigenvalue weighted by Gasteiger charge is 2.37. The molecule has 1 heterocycles. The standard InChI is InChI=1S/C12H9FO5S/c1-2-18-12(15)11(14)10-6-7-5-8(13)3-4-9(7)19(10,16)17/h3-6H,2H2,1H3. The Labute approximate surface area is 108 Å². The van der Waals surface area contributed by atoms with E-state index in [2.05, 4.69) is 4.74 Å². The molecule has 0 unspecified atom stereocenters. The monoisotopic (exact) mass is 284 g/mol. The molecular weight excluding hydrogens is 275 g/mol. The molecule has 0 aliphatic carbocycles. The topological polar surface area (TPSA) is 77.5 Å². The first-order valence-corrected chi connectivity index (χ1v) is 6.84. The van der Waals surface area contributed by atoms with Gasteiger partial charge in [0, 0.05) is 0 Å². The summed E-state index contributed by atoms with van der Waals surface area (Å²) in [5.74, 6) is -3.13. The third-order valence-electron chi connectivity index (χ3n) is 2.52. The quantitative estimate of drug-likeness (QED) is 0.471. The van der Waals surface area contributed by atoms with Crippen LogP contribution in [0.15, 0.2) is 28.0 Å². The lowest BCUT2D eigenvalue weighted by molar-refractivity contribution is -0.151. The average Bonchev–Trinajstić information content (AvgIpc) is 2.60. The van der Waals surface area contributed by atoms with Gasteiger partial charge in [-0.05, 0) is 36.8 Å². The molecule has 5 nitrogen and oxygen atoms in total. The van der Waals surface area contributed by atoms with Crippen LogP contribution in [0.3, 0.4) is 0 Å². The van der Waals surface area contributed by atoms with Crippen LogP contribution < -0.4 is 0 Å². The van der Waals surface area contributed by atoms with Crippen LogP contribution in [-0.2, 0) is 24.2 Å². The Morgan fingerprint density at radius 2 is 2.00 bits per heavy atom. The minimum atomic E-state index is -4.08. The van der Waals surface area contributed by atoms with Crippen molar-refractivity contribution in [3.8, 4) is 0 Å². The summed E-state index contributed by atoms with van der Waals surface area (Å²) in [6.07, 6.45) is 0.979. The Morgan fingerprint density at radius 1 is 1.32 bits per heavy atom. The van der Waals surface area contributed by atoms with Gasteiger partial charge < -0.3 is 4.74 Å². The fraction of sp³-hybridized carbons (Fsp3) is 0.167. The average molecular weight is 284 g/mol. The maximum absolute atomic E-state index is 13.0. The summed E-state index contributed by atoms with van der Waals surface area (Å²) in [5, 5.41) is 0. The molecule has 2 rings (SSSR count). The van der Waals surface area contributed by atoms with Crippen molar-refractivity contribution in [2.24, 2.45) is 0 Å². The molecule has 0 radical (unpaired) electrons. The smallest absolute Gasteiger partial charge is 0.380 e. The van der Waals surface area contributed by atoms with Crippen LogP contribution in [0.5, 0.6) is 0 Å². The molecule has 0 saturated heterocycles. The SMILES string of the molecule is CCOC(=O)C(=O)C1=Cc2cc(F)ccc2S1(=O)=O. The normalized spacial score (nSPS) is 15.6. The van der Waals surface area contributed by atoms with E-state index in [1.807, 2.05) is 0 Å². The molecule has 100 valence electrons. The number of sulfone groups is 1. The van der Waals surface area contributed by atoms with E-state index in [9.17, 15) is 22.4 Å². The molecule has 0 atom stereocenters. The van der Waals surface area contributed by atoms with Crippen molar-refractivity contribution in [1.82, 2.24) is 0 Å². The van der Waals surface area contributed by atoms with Crippen molar-refractivity contribution in [3.63, 3.8) is 0 Å². The van der Waals surface area contributed by atoms with Crippen LogP contribution in [0, 0.1) is 5.82 Å². The first-order chi connectivity index (χ1) is 8.87. The first-order valence-electron chi connectivity index (χ1n) is 5.35. The zero-order chi connectivity index (χ0) is 14.2. The van der Waals surface area contributed by atoms with Crippen molar-refractivity contribution in [2.75, 3.05) is 6.61 Å². The fourth-order valence-electron chi connectivity index (χ4n) is 1.70. The van der Waals surface area contributed by atoms with Crippen LogP contribution in [0.4, 0.5) is 4.39 Å². The number of fused-ring (bicyclic) bond motifs is 1. The number of carbonyl (C=O) groups excluding carboxylic acids is 2. The van der Waals surface area contributed by atoms with E-state index in [1.54, 1.807) is 0 Å². The number of esters is 1. The van der Waals surface area contributed by atoms with Crippen molar-refractivity contribution >= 4 is 27.7 Å². The van der Waals surface area contributed by atoms with Crippen LogP contribution in [0.25, 0.3) is 6.08 Å². The van der Waals surface area contributed by atoms with Crippen LogP contribution in [0.1, 0.15) is 12.5 Å². The largest absolute Gasteiger partial charge is 0.460 e. The zero-order valence-corrected chi connectivity index (χ0v) is 10.7. The van der Waals surface area contributed by atoms with Gasteiger partial charge in [0.15, 0.2) is 0 Å². The highest BCUT2D eigenvalue weighted by atomic mass is 32.2. The van der Waals surface area contributed by atoms with Crippen molar-refractivity contribution in [3.05, 3.63) is 34.5 Å². The van der Waals surface area contributed by atoms with E-state index in [0.29, 0.717) is 0 Å². The third kappa shape index (κ3) is 2.17. The number of ether oxygens (including phenoxy) is 1. The van der Waals surface area contributed by atoms with E-state index in [-0.39, 0.29) is 17.1 Å². The Balaban J connectivity index is 2.48. The van der Waals surface area contributed by atoms with Gasteiger partial charge in [0.25, 0.3) is 5.78 Å². The van der Waals surface area contributed by atoms with E-state index < -0.39 is 32.3 Å². The van der Waals surface area contributed by atoms with Crippen LogP contribution >= 0.6 is 0 Å². The molecule has 0 bridgehead atoms. The summed E-state index contributed by atoms with van der Waals surface area (Å²) in [6, 6.07) is 3.02. The molecule has 1 aliphatic heterocycles. The summed E-state index contributed by atoms with van der Waals surface area (Å²) in [4.78, 5) is 22.1. The lowest BCUT2D eigenvalue weighted by atomic mass is 10.2. The van der Waals surface area contributed by atoms with Gasteiger partial charge in [-0.15, -0.1) is 0 Å². The van der Waals surface area contributed by atoms with Crippen molar-refractivity contribution in [2.45, 2.75) is 11.8 Å². The highest BCUT2D eigenvalue weighted by molar-refractivity contribution is 7.97. The molecule has 1 aromatic rings. The van der Waals surface area contributed by atoms with Crippen molar-refractivity contribution < 1.29 is 27.1 Å². The number of benzene rings is 1. The molecule has 0 amide bonds. The number of halogens is 1. The van der Waals surface area contributed by atoms with Gasteiger partial charge in [-0.25, -0.2) is 17.6 Å². The minimum absolute atomic E-state index is 0.0422. The zero-order valence-electron chi connectivity index (χ0n) is 9.84. The molecule has 0 aromatic heterocycles. The lowest BCUT2D eigenvalue weighted by Gasteiger charge is -2.02. The number of carbonyl (C=O) groups is 2. The maximum Gasteiger partial charge on any atom is 0.380 e. The second-order valence-corrected chi connectivity index (χ2v) is 5.63. The Bertz CT molecular complexity index is 703. The van der Waals surface area contributed by atoms with Gasteiger partial charge in [-0.2, -0.15) is 0 Å². The van der Waals surface area contributed by atoms with Gasteiger partial charge in [-0.3, -0.25) is 4.79 Å². The number of hydrogen-bond donors (Lipinski definition) is 0. The Hall–Kier alpha value is -2.02. The number of hydrogen-bond acceptors (Lipinski definition) is 5. The molecule has 1 aliphatic rings. The maximum atomic E-state index is 13.0. The summed E-state index contributed by atoms with van der Waals surface area (Å²) in [5.41, 5.74) is 0.0487. The van der Waals surface area contributed by atoms with Crippen LogP contribution in [0.2, 0.25) is 0 Å². The van der Waals surface area contributed by atoms with Crippen LogP contribution in [-0.4, -0.2) is 26.8 Å². The van der Waals surface area contributed by atoms with E-state index in [0.717, 1.165) is 24.3 Å². The summed E-state index contributed by atoms with van der Waals surface area (Å²) in [6.45, 7) is 1.45. The fourth-order valence-corrected chi connectivity index (χ4v) is 3.22. The van der Waals surface area contributed by atoms with Crippen molar-refractivity contribution in [1.29, 1.82) is 0 Å². The van der Waals surface area contributed by atoms with Gasteiger partial charge in [-0.1, -0.05) is 0 Å². The molecule has 0 saturated carbocycles. The minimum Gasteiger partial charge on any atom is -0.460 e.